The van der Waals surface area contributed by atoms with Crippen LogP contribution in [0.3, 0.4) is 0 Å². The number of thiazole rings is 1. The summed E-state index contributed by atoms with van der Waals surface area (Å²) in [4.78, 5) is 4.52. The molecule has 4 rings (SSSR count). The van der Waals surface area contributed by atoms with Crippen LogP contribution in [0.15, 0.2) is 64.5 Å². The van der Waals surface area contributed by atoms with Crippen LogP contribution in [-0.2, 0) is 25.3 Å². The van der Waals surface area contributed by atoms with Crippen molar-refractivity contribution in [2.75, 3.05) is 11.0 Å². The van der Waals surface area contributed by atoms with Crippen molar-refractivity contribution in [3.63, 3.8) is 0 Å². The molecule has 0 radical (unpaired) electrons. The lowest BCUT2D eigenvalue weighted by Crippen LogP contribution is -2.20. The van der Waals surface area contributed by atoms with E-state index in [1.54, 1.807) is 10.7 Å². The molecule has 0 unspecified atom stereocenters. The minimum absolute atomic E-state index is 0.0601. The Morgan fingerprint density at radius 1 is 1.00 bits per heavy atom. The molecular weight excluding hydrogens is 468 g/mol. The highest BCUT2D eigenvalue weighted by molar-refractivity contribution is 7.93. The Hall–Kier alpha value is -2.76. The van der Waals surface area contributed by atoms with E-state index in [4.69, 9.17) is 0 Å². The molecule has 2 aromatic carbocycles. The molecule has 4 aromatic rings. The lowest BCUT2D eigenvalue weighted by molar-refractivity contribution is 0.543. The standard InChI is InChI=1S/C21H22N4O4S3/c1-21(2,3)19-18(13-25(23-19)14-8-6-5-7-9-14)32(28,29)24-20-22-16-11-10-15(31(4,26)27)12-17(16)30-20/h5-13H,1-4H3,(H,22,24). The Kier molecular flexibility index (Phi) is 5.38. The van der Waals surface area contributed by atoms with Gasteiger partial charge in [0.05, 0.1) is 32.7 Å². The van der Waals surface area contributed by atoms with Gasteiger partial charge >= 0.3 is 0 Å². The number of fused-ring (bicyclic) bond motifs is 1. The number of nitrogens with one attached hydrogen (secondary N) is 1. The summed E-state index contributed by atoms with van der Waals surface area (Å²) in [5.74, 6) is 0. The van der Waals surface area contributed by atoms with Gasteiger partial charge in [-0.2, -0.15) is 5.10 Å². The van der Waals surface area contributed by atoms with Crippen LogP contribution in [0, 0.1) is 0 Å². The number of benzene rings is 2. The van der Waals surface area contributed by atoms with Crippen molar-refractivity contribution in [2.45, 2.75) is 36.0 Å². The Bertz CT molecular complexity index is 1510. The van der Waals surface area contributed by atoms with E-state index in [1.165, 1.54) is 18.3 Å². The molecule has 2 aromatic heterocycles. The molecule has 2 heterocycles. The lowest BCUT2D eigenvalue weighted by Gasteiger charge is -2.17. The van der Waals surface area contributed by atoms with Gasteiger partial charge in [0.2, 0.25) is 0 Å². The van der Waals surface area contributed by atoms with Crippen LogP contribution in [0.1, 0.15) is 26.5 Å². The van der Waals surface area contributed by atoms with Gasteiger partial charge in [0, 0.05) is 11.7 Å². The van der Waals surface area contributed by atoms with Gasteiger partial charge in [-0.1, -0.05) is 50.3 Å². The van der Waals surface area contributed by atoms with Crippen molar-refractivity contribution in [1.82, 2.24) is 14.8 Å². The second kappa shape index (κ2) is 7.68. The van der Waals surface area contributed by atoms with E-state index in [0.717, 1.165) is 23.3 Å². The van der Waals surface area contributed by atoms with Crippen LogP contribution in [0.2, 0.25) is 0 Å². The Labute approximate surface area is 190 Å². The maximum Gasteiger partial charge on any atom is 0.267 e. The summed E-state index contributed by atoms with van der Waals surface area (Å²) in [5.41, 5.74) is 1.15. The van der Waals surface area contributed by atoms with E-state index in [1.807, 2.05) is 51.1 Å². The first-order valence-corrected chi connectivity index (χ1v) is 13.8. The zero-order chi connectivity index (χ0) is 23.3. The third-order valence-corrected chi connectivity index (χ3v) is 8.22. The maximum absolute atomic E-state index is 13.3. The molecule has 1 N–H and O–H groups in total. The minimum atomic E-state index is -4.00. The SMILES string of the molecule is CC(C)(C)c1nn(-c2ccccc2)cc1S(=O)(=O)Nc1nc2ccc(S(C)(=O)=O)cc2s1. The number of nitrogens with zero attached hydrogens (tertiary/aromatic N) is 3. The van der Waals surface area contributed by atoms with Crippen LogP contribution < -0.4 is 4.72 Å². The van der Waals surface area contributed by atoms with Crippen molar-refractivity contribution in [1.29, 1.82) is 0 Å². The first kappa shape index (κ1) is 22.4. The van der Waals surface area contributed by atoms with E-state index >= 15 is 0 Å². The summed E-state index contributed by atoms with van der Waals surface area (Å²) < 4.78 is 54.9. The number of hydrogen-bond donors (Lipinski definition) is 1. The summed E-state index contributed by atoms with van der Waals surface area (Å²) >= 11 is 1.07. The topological polar surface area (TPSA) is 111 Å². The number of hydrogen-bond acceptors (Lipinski definition) is 7. The van der Waals surface area contributed by atoms with Crippen LogP contribution in [0.25, 0.3) is 15.9 Å². The largest absolute Gasteiger partial charge is 0.267 e. The highest BCUT2D eigenvalue weighted by atomic mass is 32.2. The van der Waals surface area contributed by atoms with Crippen LogP contribution in [0.4, 0.5) is 5.13 Å². The summed E-state index contributed by atoms with van der Waals surface area (Å²) in [6, 6.07) is 13.8. The fraction of sp³-hybridized carbons (Fsp3) is 0.238. The molecule has 0 bridgehead atoms. The smallest absolute Gasteiger partial charge is 0.254 e. The molecule has 0 aliphatic carbocycles. The van der Waals surface area contributed by atoms with Crippen LogP contribution in [0.5, 0.6) is 0 Å². The van der Waals surface area contributed by atoms with E-state index in [-0.39, 0.29) is 14.9 Å². The number of rotatable bonds is 5. The fourth-order valence-electron chi connectivity index (χ4n) is 3.14. The van der Waals surface area contributed by atoms with Crippen LogP contribution >= 0.6 is 11.3 Å². The molecule has 0 aliphatic heterocycles. The van der Waals surface area contributed by atoms with E-state index in [9.17, 15) is 16.8 Å². The highest BCUT2D eigenvalue weighted by Gasteiger charge is 2.31. The molecule has 0 fully saturated rings. The molecule has 0 saturated heterocycles. The Balaban J connectivity index is 1.76. The van der Waals surface area contributed by atoms with Gasteiger partial charge in [-0.3, -0.25) is 4.72 Å². The molecule has 0 aliphatic rings. The summed E-state index contributed by atoms with van der Waals surface area (Å²) in [6.45, 7) is 5.69. The molecular formula is C21H22N4O4S3. The zero-order valence-corrected chi connectivity index (χ0v) is 20.3. The summed E-state index contributed by atoms with van der Waals surface area (Å²) in [6.07, 6.45) is 2.62. The van der Waals surface area contributed by atoms with Gasteiger partial charge in [0.1, 0.15) is 4.90 Å². The van der Waals surface area contributed by atoms with Gasteiger partial charge in [0.15, 0.2) is 15.0 Å². The van der Waals surface area contributed by atoms with Crippen LogP contribution in [-0.4, -0.2) is 37.9 Å². The maximum atomic E-state index is 13.3. The second-order valence-electron chi connectivity index (χ2n) is 8.40. The number of para-hydroxylation sites is 1. The van der Waals surface area contributed by atoms with Gasteiger partial charge < -0.3 is 0 Å². The normalized spacial score (nSPS) is 12.9. The van der Waals surface area contributed by atoms with Gasteiger partial charge in [-0.05, 0) is 30.3 Å². The highest BCUT2D eigenvalue weighted by Crippen LogP contribution is 2.33. The van der Waals surface area contributed by atoms with Crippen molar-refractivity contribution in [3.05, 3.63) is 60.4 Å². The summed E-state index contributed by atoms with van der Waals surface area (Å²) in [5, 5.41) is 4.71. The predicted molar refractivity (Wildman–Crippen MR) is 126 cm³/mol. The predicted octanol–water partition coefficient (Wildman–Crippen LogP) is 3.98. The lowest BCUT2D eigenvalue weighted by atomic mass is 9.92. The first-order chi connectivity index (χ1) is 14.8. The average Bonchev–Trinajstić information content (AvgIpc) is 3.31. The minimum Gasteiger partial charge on any atom is -0.254 e. The molecule has 0 saturated carbocycles. The average molecular weight is 491 g/mol. The molecule has 0 spiro atoms. The van der Waals surface area contributed by atoms with Gasteiger partial charge in [-0.25, -0.2) is 26.5 Å². The molecule has 32 heavy (non-hydrogen) atoms. The van der Waals surface area contributed by atoms with Crippen molar-refractivity contribution in [2.24, 2.45) is 0 Å². The number of sulfonamides is 1. The Morgan fingerprint density at radius 2 is 1.69 bits per heavy atom. The third-order valence-electron chi connectivity index (χ3n) is 4.71. The second-order valence-corrected chi connectivity index (χ2v) is 13.1. The number of anilines is 1. The number of sulfone groups is 1. The van der Waals surface area contributed by atoms with Crippen molar-refractivity contribution in [3.8, 4) is 5.69 Å². The first-order valence-electron chi connectivity index (χ1n) is 9.64. The quantitative estimate of drug-likeness (QED) is 0.453. The summed E-state index contributed by atoms with van der Waals surface area (Å²) in [7, 11) is -7.38. The van der Waals surface area contributed by atoms with Crippen molar-refractivity contribution >= 4 is 46.5 Å². The molecule has 8 nitrogen and oxygen atoms in total. The van der Waals surface area contributed by atoms with E-state index < -0.39 is 25.3 Å². The molecule has 0 amide bonds. The van der Waals surface area contributed by atoms with E-state index in [0.29, 0.717) is 15.9 Å². The Morgan fingerprint density at radius 3 is 2.31 bits per heavy atom. The monoisotopic (exact) mass is 490 g/mol. The van der Waals surface area contributed by atoms with E-state index in [2.05, 4.69) is 14.8 Å². The molecule has 11 heteroatoms. The number of aromatic nitrogens is 3. The fourth-order valence-corrected chi connectivity index (χ4v) is 6.34. The molecule has 0 atom stereocenters. The molecule has 168 valence electrons. The zero-order valence-electron chi connectivity index (χ0n) is 17.9. The third kappa shape index (κ3) is 4.41. The van der Waals surface area contributed by atoms with Crippen molar-refractivity contribution < 1.29 is 16.8 Å². The van der Waals surface area contributed by atoms with Gasteiger partial charge in [0.25, 0.3) is 10.0 Å². The van der Waals surface area contributed by atoms with Gasteiger partial charge in [-0.15, -0.1) is 0 Å².